The lowest BCUT2D eigenvalue weighted by atomic mass is 9.88. The summed E-state index contributed by atoms with van der Waals surface area (Å²) in [5.41, 5.74) is 3.67. The molecule has 102 valence electrons. The third-order valence-corrected chi connectivity index (χ3v) is 3.86. The number of halogens is 1. The van der Waals surface area contributed by atoms with Crippen molar-refractivity contribution in [1.29, 1.82) is 0 Å². The highest BCUT2D eigenvalue weighted by molar-refractivity contribution is 6.31. The minimum absolute atomic E-state index is 0.0300. The van der Waals surface area contributed by atoms with Crippen LogP contribution in [0.4, 0.5) is 0 Å². The SMILES string of the molecule is CCOC(C)(CC)C(Cc1ccccc1Cl)NN. The lowest BCUT2D eigenvalue weighted by Crippen LogP contribution is -2.54. The predicted molar refractivity (Wildman–Crippen MR) is 76.6 cm³/mol. The van der Waals surface area contributed by atoms with Crippen molar-refractivity contribution in [2.75, 3.05) is 6.61 Å². The normalized spacial score (nSPS) is 16.3. The molecule has 0 radical (unpaired) electrons. The van der Waals surface area contributed by atoms with Crippen molar-refractivity contribution in [1.82, 2.24) is 5.43 Å². The monoisotopic (exact) mass is 270 g/mol. The van der Waals surface area contributed by atoms with Crippen LogP contribution in [0.25, 0.3) is 0 Å². The van der Waals surface area contributed by atoms with E-state index in [0.717, 1.165) is 23.4 Å². The van der Waals surface area contributed by atoms with Gasteiger partial charge in [-0.25, -0.2) is 0 Å². The van der Waals surface area contributed by atoms with Gasteiger partial charge in [0.25, 0.3) is 0 Å². The molecule has 0 aromatic heterocycles. The number of hydrazine groups is 1. The Morgan fingerprint density at radius 3 is 2.56 bits per heavy atom. The molecule has 1 aromatic carbocycles. The molecular weight excluding hydrogens is 248 g/mol. The van der Waals surface area contributed by atoms with Crippen LogP contribution in [0, 0.1) is 0 Å². The molecule has 0 aliphatic rings. The fraction of sp³-hybridized carbons (Fsp3) is 0.571. The number of ether oxygens (including phenoxy) is 1. The van der Waals surface area contributed by atoms with E-state index in [1.807, 2.05) is 31.2 Å². The maximum absolute atomic E-state index is 6.19. The van der Waals surface area contributed by atoms with Crippen molar-refractivity contribution in [3.63, 3.8) is 0 Å². The molecule has 3 nitrogen and oxygen atoms in total. The number of benzene rings is 1. The van der Waals surface area contributed by atoms with Gasteiger partial charge in [-0.05, 0) is 38.3 Å². The van der Waals surface area contributed by atoms with Gasteiger partial charge in [0.05, 0.1) is 11.6 Å². The Kier molecular flexibility index (Phi) is 6.09. The van der Waals surface area contributed by atoms with Crippen LogP contribution in [0.3, 0.4) is 0 Å². The lowest BCUT2D eigenvalue weighted by molar-refractivity contribution is -0.0550. The second kappa shape index (κ2) is 7.10. The van der Waals surface area contributed by atoms with Gasteiger partial charge >= 0.3 is 0 Å². The third kappa shape index (κ3) is 3.69. The summed E-state index contributed by atoms with van der Waals surface area (Å²) >= 11 is 6.19. The van der Waals surface area contributed by atoms with Gasteiger partial charge in [-0.2, -0.15) is 0 Å². The molecule has 0 bridgehead atoms. The Morgan fingerprint density at radius 1 is 1.39 bits per heavy atom. The highest BCUT2D eigenvalue weighted by Gasteiger charge is 2.32. The summed E-state index contributed by atoms with van der Waals surface area (Å²) in [4.78, 5) is 0. The number of nitrogens with one attached hydrogen (secondary N) is 1. The summed E-state index contributed by atoms with van der Waals surface area (Å²) < 4.78 is 5.86. The number of nitrogens with two attached hydrogens (primary N) is 1. The largest absolute Gasteiger partial charge is 0.374 e. The zero-order valence-electron chi connectivity index (χ0n) is 11.4. The van der Waals surface area contributed by atoms with Crippen LogP contribution in [-0.2, 0) is 11.2 Å². The Morgan fingerprint density at radius 2 is 2.06 bits per heavy atom. The standard InChI is InChI=1S/C14H23ClN2O/c1-4-14(3,18-5-2)13(17-16)10-11-8-6-7-9-12(11)15/h6-9,13,17H,4-5,10,16H2,1-3H3. The van der Waals surface area contributed by atoms with Gasteiger partial charge in [-0.1, -0.05) is 36.7 Å². The van der Waals surface area contributed by atoms with E-state index in [4.69, 9.17) is 22.2 Å². The van der Waals surface area contributed by atoms with Crippen LogP contribution in [-0.4, -0.2) is 18.2 Å². The maximum atomic E-state index is 6.19. The minimum Gasteiger partial charge on any atom is -0.374 e. The van der Waals surface area contributed by atoms with Gasteiger partial charge in [0.15, 0.2) is 0 Å². The van der Waals surface area contributed by atoms with Crippen LogP contribution in [0.5, 0.6) is 0 Å². The molecule has 2 unspecified atom stereocenters. The molecular formula is C14H23ClN2O. The Labute approximate surface area is 115 Å². The van der Waals surface area contributed by atoms with Crippen molar-refractivity contribution in [3.8, 4) is 0 Å². The van der Waals surface area contributed by atoms with Crippen molar-refractivity contribution < 1.29 is 4.74 Å². The fourth-order valence-electron chi connectivity index (χ4n) is 2.11. The van der Waals surface area contributed by atoms with E-state index in [-0.39, 0.29) is 11.6 Å². The molecule has 1 rings (SSSR count). The second-order valence-electron chi connectivity index (χ2n) is 4.61. The Hall–Kier alpha value is -0.610. The van der Waals surface area contributed by atoms with E-state index >= 15 is 0 Å². The van der Waals surface area contributed by atoms with Crippen LogP contribution in [0.15, 0.2) is 24.3 Å². The minimum atomic E-state index is -0.289. The highest BCUT2D eigenvalue weighted by atomic mass is 35.5. The molecule has 3 N–H and O–H groups in total. The summed E-state index contributed by atoms with van der Waals surface area (Å²) in [5.74, 6) is 5.69. The van der Waals surface area contributed by atoms with Gasteiger partial charge in [-0.15, -0.1) is 0 Å². The van der Waals surface area contributed by atoms with Crippen LogP contribution in [0.1, 0.15) is 32.8 Å². The van der Waals surface area contributed by atoms with E-state index in [0.29, 0.717) is 6.61 Å². The van der Waals surface area contributed by atoms with E-state index < -0.39 is 0 Å². The topological polar surface area (TPSA) is 47.3 Å². The first-order chi connectivity index (χ1) is 8.57. The van der Waals surface area contributed by atoms with Gasteiger partial charge in [0, 0.05) is 11.6 Å². The summed E-state index contributed by atoms with van der Waals surface area (Å²) in [7, 11) is 0. The second-order valence-corrected chi connectivity index (χ2v) is 5.02. The molecule has 0 saturated heterocycles. The smallest absolute Gasteiger partial charge is 0.0820 e. The number of rotatable bonds is 7. The molecule has 0 aliphatic carbocycles. The number of hydrogen-bond donors (Lipinski definition) is 2. The molecule has 0 fully saturated rings. The van der Waals surface area contributed by atoms with Gasteiger partial charge in [-0.3, -0.25) is 11.3 Å². The summed E-state index contributed by atoms with van der Waals surface area (Å²) in [6, 6.07) is 7.86. The molecule has 0 heterocycles. The Balaban J connectivity index is 2.87. The van der Waals surface area contributed by atoms with Crippen molar-refractivity contribution in [2.24, 2.45) is 5.84 Å². The third-order valence-electron chi connectivity index (χ3n) is 3.50. The summed E-state index contributed by atoms with van der Waals surface area (Å²) in [6.45, 7) is 6.85. The highest BCUT2D eigenvalue weighted by Crippen LogP contribution is 2.25. The quantitative estimate of drug-likeness (QED) is 0.592. The van der Waals surface area contributed by atoms with Gasteiger partial charge in [0.1, 0.15) is 0 Å². The summed E-state index contributed by atoms with van der Waals surface area (Å²) in [5, 5.41) is 0.771. The number of hydrogen-bond acceptors (Lipinski definition) is 3. The first kappa shape index (κ1) is 15.4. The zero-order valence-corrected chi connectivity index (χ0v) is 12.1. The summed E-state index contributed by atoms with van der Waals surface area (Å²) in [6.07, 6.45) is 1.64. The molecule has 18 heavy (non-hydrogen) atoms. The lowest BCUT2D eigenvalue weighted by Gasteiger charge is -2.36. The molecule has 0 saturated carbocycles. The average molecular weight is 271 g/mol. The van der Waals surface area contributed by atoms with E-state index in [2.05, 4.69) is 19.3 Å². The van der Waals surface area contributed by atoms with Crippen molar-refractivity contribution in [3.05, 3.63) is 34.9 Å². The average Bonchev–Trinajstić information content (AvgIpc) is 2.38. The first-order valence-corrected chi connectivity index (χ1v) is 6.78. The molecule has 0 aliphatic heterocycles. The van der Waals surface area contributed by atoms with E-state index in [1.165, 1.54) is 0 Å². The van der Waals surface area contributed by atoms with Gasteiger partial charge < -0.3 is 4.74 Å². The first-order valence-electron chi connectivity index (χ1n) is 6.40. The molecule has 0 spiro atoms. The van der Waals surface area contributed by atoms with Crippen LogP contribution < -0.4 is 11.3 Å². The maximum Gasteiger partial charge on any atom is 0.0820 e. The zero-order chi connectivity index (χ0) is 13.6. The van der Waals surface area contributed by atoms with Crippen molar-refractivity contribution >= 4 is 11.6 Å². The van der Waals surface area contributed by atoms with E-state index in [1.54, 1.807) is 0 Å². The van der Waals surface area contributed by atoms with E-state index in [9.17, 15) is 0 Å². The molecule has 4 heteroatoms. The molecule has 2 atom stereocenters. The predicted octanol–water partition coefficient (Wildman–Crippen LogP) is 2.92. The Bertz CT molecular complexity index is 373. The van der Waals surface area contributed by atoms with Crippen molar-refractivity contribution in [2.45, 2.75) is 45.3 Å². The van der Waals surface area contributed by atoms with Gasteiger partial charge in [0.2, 0.25) is 0 Å². The molecule has 0 amide bonds. The van der Waals surface area contributed by atoms with Crippen LogP contribution >= 0.6 is 11.6 Å². The fourth-order valence-corrected chi connectivity index (χ4v) is 2.33. The van der Waals surface area contributed by atoms with Crippen LogP contribution in [0.2, 0.25) is 5.02 Å². The molecule has 1 aromatic rings.